The number of aromatic nitrogens is 4. The first-order valence-electron chi connectivity index (χ1n) is 15.4. The molecular formula is C35H38FN7O2S. The van der Waals surface area contributed by atoms with Gasteiger partial charge in [-0.3, -0.25) is 9.78 Å². The maximum atomic E-state index is 15.4. The Balaban J connectivity index is 1.35. The molecule has 5 aromatic rings. The first kappa shape index (κ1) is 31.7. The summed E-state index contributed by atoms with van der Waals surface area (Å²) in [5.41, 5.74) is 8.30. The Labute approximate surface area is 271 Å². The van der Waals surface area contributed by atoms with E-state index in [0.29, 0.717) is 35.1 Å². The predicted molar refractivity (Wildman–Crippen MR) is 180 cm³/mol. The van der Waals surface area contributed by atoms with Crippen LogP contribution in [0.5, 0.6) is 0 Å². The number of hydrogen-bond acceptors (Lipinski definition) is 7. The molecule has 2 aromatic carbocycles. The number of fused-ring (bicyclic) bond motifs is 1. The van der Waals surface area contributed by atoms with Crippen LogP contribution in [0.1, 0.15) is 73.8 Å². The molecule has 4 N–H and O–H groups in total. The van der Waals surface area contributed by atoms with E-state index in [4.69, 9.17) is 5.73 Å². The van der Waals surface area contributed by atoms with E-state index >= 15 is 4.39 Å². The van der Waals surface area contributed by atoms with Gasteiger partial charge in [0, 0.05) is 41.0 Å². The molecule has 9 nitrogen and oxygen atoms in total. The monoisotopic (exact) mass is 639 g/mol. The summed E-state index contributed by atoms with van der Waals surface area (Å²) in [5, 5.41) is 9.01. The number of nitrogens with two attached hydrogens (primary N) is 1. The third-order valence-corrected chi connectivity index (χ3v) is 10.1. The number of carbonyl (C=O) groups excluding carboxylic acids is 1. The Kier molecular flexibility index (Phi) is 8.58. The molecule has 11 heteroatoms. The van der Waals surface area contributed by atoms with Gasteiger partial charge in [-0.05, 0) is 111 Å². The number of hydrogen-bond donors (Lipinski definition) is 3. The summed E-state index contributed by atoms with van der Waals surface area (Å²) in [5.74, 6) is -0.148. The second-order valence-corrected chi connectivity index (χ2v) is 14.9. The summed E-state index contributed by atoms with van der Waals surface area (Å²) >= 11 is -1.46. The van der Waals surface area contributed by atoms with Crippen LogP contribution in [0.4, 0.5) is 15.9 Å². The Morgan fingerprint density at radius 2 is 1.80 bits per heavy atom. The number of nitrogen functional groups attached to an aromatic ring is 1. The van der Waals surface area contributed by atoms with E-state index in [2.05, 4.69) is 25.1 Å². The van der Waals surface area contributed by atoms with Gasteiger partial charge in [-0.1, -0.05) is 25.0 Å². The van der Waals surface area contributed by atoms with Crippen molar-refractivity contribution in [1.82, 2.24) is 24.5 Å². The molecule has 3 aromatic heterocycles. The van der Waals surface area contributed by atoms with Gasteiger partial charge < -0.3 is 15.6 Å². The van der Waals surface area contributed by atoms with Crippen LogP contribution in [0.25, 0.3) is 16.5 Å². The number of halogens is 1. The molecule has 46 heavy (non-hydrogen) atoms. The third-order valence-electron chi connectivity index (χ3n) is 8.47. The third kappa shape index (κ3) is 6.48. The van der Waals surface area contributed by atoms with Gasteiger partial charge in [0.2, 0.25) is 0 Å². The van der Waals surface area contributed by atoms with Crippen molar-refractivity contribution in [2.24, 2.45) is 5.92 Å². The van der Waals surface area contributed by atoms with Crippen LogP contribution < -0.4 is 15.8 Å². The molecule has 3 heterocycles. The molecule has 1 unspecified atom stereocenters. The van der Waals surface area contributed by atoms with Crippen molar-refractivity contribution < 1.29 is 13.7 Å². The van der Waals surface area contributed by atoms with Gasteiger partial charge in [0.1, 0.15) is 21.9 Å². The average molecular weight is 640 g/mol. The molecule has 238 valence electrons. The predicted octanol–water partition coefficient (Wildman–Crippen LogP) is 6.58. The van der Waals surface area contributed by atoms with Gasteiger partial charge in [0.25, 0.3) is 5.91 Å². The van der Waals surface area contributed by atoms with Crippen molar-refractivity contribution in [3.8, 4) is 5.69 Å². The van der Waals surface area contributed by atoms with Gasteiger partial charge in [0.05, 0.1) is 11.4 Å². The lowest BCUT2D eigenvalue weighted by Gasteiger charge is -2.38. The highest BCUT2D eigenvalue weighted by Gasteiger charge is 2.43. The second-order valence-electron chi connectivity index (χ2n) is 12.9. The zero-order chi connectivity index (χ0) is 32.6. The van der Waals surface area contributed by atoms with Crippen molar-refractivity contribution in [3.05, 3.63) is 108 Å². The first-order chi connectivity index (χ1) is 21.9. The Bertz CT molecular complexity index is 1890. The summed E-state index contributed by atoms with van der Waals surface area (Å²) in [4.78, 5) is 21.9. The minimum Gasteiger partial charge on any atom is -0.598 e. The van der Waals surface area contributed by atoms with Crippen molar-refractivity contribution in [1.29, 1.82) is 0 Å². The van der Waals surface area contributed by atoms with E-state index in [1.54, 1.807) is 41.5 Å². The van der Waals surface area contributed by atoms with Gasteiger partial charge in [-0.25, -0.2) is 14.1 Å². The number of amides is 1. The van der Waals surface area contributed by atoms with Crippen LogP contribution in [0.3, 0.4) is 0 Å². The Hall–Kier alpha value is -4.32. The topological polar surface area (TPSA) is 134 Å². The maximum absolute atomic E-state index is 15.4. The minimum atomic E-state index is -1.46. The smallest absolute Gasteiger partial charge is 0.276 e. The van der Waals surface area contributed by atoms with E-state index in [1.807, 2.05) is 64.1 Å². The molecule has 1 aliphatic carbocycles. The Morgan fingerprint density at radius 3 is 2.52 bits per heavy atom. The molecule has 0 saturated heterocycles. The van der Waals surface area contributed by atoms with Crippen LogP contribution in [0, 0.1) is 18.7 Å². The SMILES string of the molecule is Cc1cc(C(=O)Nc2cc(C(CCC3CC3)(N[S@+]([O-])C(C)(C)C)c3ccncc3)ccc2F)nn1-c1ccc2ccnc(N)c2c1. The summed E-state index contributed by atoms with van der Waals surface area (Å²) in [6.45, 7) is 7.58. The van der Waals surface area contributed by atoms with E-state index in [0.717, 1.165) is 35.6 Å². The zero-order valence-electron chi connectivity index (χ0n) is 26.4. The van der Waals surface area contributed by atoms with Gasteiger partial charge in [-0.2, -0.15) is 5.10 Å². The maximum Gasteiger partial charge on any atom is 0.276 e. The first-order valence-corrected chi connectivity index (χ1v) is 16.5. The molecule has 0 aliphatic heterocycles. The molecule has 0 spiro atoms. The number of carbonyl (C=O) groups is 1. The highest BCUT2D eigenvalue weighted by Crippen LogP contribution is 2.43. The lowest BCUT2D eigenvalue weighted by molar-refractivity contribution is 0.102. The van der Waals surface area contributed by atoms with Crippen molar-refractivity contribution >= 4 is 39.5 Å². The molecule has 1 saturated carbocycles. The lowest BCUT2D eigenvalue weighted by Crippen LogP contribution is -2.52. The quantitative estimate of drug-likeness (QED) is 0.147. The number of anilines is 2. The molecule has 1 aliphatic rings. The number of pyridine rings is 2. The number of aryl methyl sites for hydroxylation is 1. The minimum absolute atomic E-state index is 0.00690. The van der Waals surface area contributed by atoms with E-state index in [-0.39, 0.29) is 11.4 Å². The van der Waals surface area contributed by atoms with E-state index in [1.165, 1.54) is 6.07 Å². The number of benzene rings is 2. The highest BCUT2D eigenvalue weighted by atomic mass is 32.2. The highest BCUT2D eigenvalue weighted by molar-refractivity contribution is 7.90. The van der Waals surface area contributed by atoms with E-state index < -0.39 is 33.4 Å². The lowest BCUT2D eigenvalue weighted by atomic mass is 9.79. The molecule has 1 fully saturated rings. The van der Waals surface area contributed by atoms with E-state index in [9.17, 15) is 9.35 Å². The molecule has 0 radical (unpaired) electrons. The fraction of sp³-hybridized carbons (Fsp3) is 0.314. The summed E-state index contributed by atoms with van der Waals surface area (Å²) in [6, 6.07) is 17.7. The fourth-order valence-corrected chi connectivity index (χ4v) is 6.59. The zero-order valence-corrected chi connectivity index (χ0v) is 27.2. The van der Waals surface area contributed by atoms with Gasteiger partial charge in [-0.15, -0.1) is 4.72 Å². The fourth-order valence-electron chi connectivity index (χ4n) is 5.63. The van der Waals surface area contributed by atoms with Crippen LogP contribution in [-0.2, 0) is 16.9 Å². The van der Waals surface area contributed by atoms with Crippen LogP contribution in [0.15, 0.2) is 79.3 Å². The molecule has 6 rings (SSSR count). The summed E-state index contributed by atoms with van der Waals surface area (Å²) < 4.78 is 33.6. The largest absolute Gasteiger partial charge is 0.598 e. The second kappa shape index (κ2) is 12.5. The van der Waals surface area contributed by atoms with Gasteiger partial charge >= 0.3 is 0 Å². The van der Waals surface area contributed by atoms with Crippen molar-refractivity contribution in [2.75, 3.05) is 11.1 Å². The summed E-state index contributed by atoms with van der Waals surface area (Å²) in [7, 11) is 0. The number of nitrogens with zero attached hydrogens (tertiary/aromatic N) is 4. The molecule has 1 amide bonds. The molecular weight excluding hydrogens is 601 g/mol. The Morgan fingerprint density at radius 1 is 1.04 bits per heavy atom. The van der Waals surface area contributed by atoms with Crippen LogP contribution in [-0.4, -0.2) is 35.0 Å². The number of rotatable bonds is 10. The van der Waals surface area contributed by atoms with Crippen molar-refractivity contribution in [2.45, 2.75) is 63.7 Å². The van der Waals surface area contributed by atoms with Gasteiger partial charge in [0.15, 0.2) is 5.69 Å². The molecule has 0 bridgehead atoms. The number of nitrogens with one attached hydrogen (secondary N) is 2. The van der Waals surface area contributed by atoms with Crippen LogP contribution in [0.2, 0.25) is 0 Å². The molecule has 2 atom stereocenters. The summed E-state index contributed by atoms with van der Waals surface area (Å²) in [6.07, 6.45) is 8.93. The van der Waals surface area contributed by atoms with Crippen LogP contribution >= 0.6 is 0 Å². The van der Waals surface area contributed by atoms with Crippen molar-refractivity contribution in [3.63, 3.8) is 0 Å². The standard InChI is InChI=1S/C35H38FN7O2S/c1-22-19-31(41-43(22)27-9-7-24-12-18-39-32(37)28(24)21-27)33(44)40-30-20-26(8-10-29(30)36)35(15-11-23-5-6-23,25-13-16-38-17-14-25)42-46(45)34(2,3)4/h7-10,12-14,16-21,23,42H,5-6,11,15H2,1-4H3,(H2,37,39)(H,40,44)/t35?,46-/m1/s1. The average Bonchev–Trinajstić information content (AvgIpc) is 3.79. The normalized spacial score (nSPS) is 15.4.